The Balaban J connectivity index is 4.10. The molecule has 0 rings (SSSR count). The van der Waals surface area contributed by atoms with E-state index in [-0.39, 0.29) is 12.5 Å². The van der Waals surface area contributed by atoms with Crippen LogP contribution in [0.2, 0.25) is 0 Å². The average Bonchev–Trinajstić information content (AvgIpc) is 3.37. The van der Waals surface area contributed by atoms with Gasteiger partial charge in [-0.1, -0.05) is 314 Å². The van der Waals surface area contributed by atoms with E-state index in [0.29, 0.717) is 17.4 Å². The van der Waals surface area contributed by atoms with E-state index in [1.807, 2.05) is 27.2 Å². The minimum Gasteiger partial charge on any atom is -0.756 e. The second kappa shape index (κ2) is 57.4. The Morgan fingerprint density at radius 1 is 0.453 bits per heavy atom. The zero-order chi connectivity index (χ0) is 54.9. The van der Waals surface area contributed by atoms with Crippen LogP contribution in [0.25, 0.3) is 0 Å². The van der Waals surface area contributed by atoms with Gasteiger partial charge in [0.15, 0.2) is 0 Å². The third-order valence-corrected chi connectivity index (χ3v) is 16.0. The maximum absolute atomic E-state index is 13.0. The summed E-state index contributed by atoms with van der Waals surface area (Å²) in [6.45, 7) is 4.67. The number of nitrogens with one attached hydrogen (secondary N) is 1. The molecule has 0 spiro atoms. The first-order valence-electron chi connectivity index (χ1n) is 32.9. The molecule has 0 saturated heterocycles. The van der Waals surface area contributed by atoms with Gasteiger partial charge in [0, 0.05) is 6.42 Å². The molecule has 0 aliphatic heterocycles. The fourth-order valence-electron chi connectivity index (χ4n) is 9.95. The van der Waals surface area contributed by atoms with Crippen molar-refractivity contribution in [3.05, 3.63) is 36.5 Å². The summed E-state index contributed by atoms with van der Waals surface area (Å²) in [5, 5.41) is 13.9. The lowest BCUT2D eigenvalue weighted by Gasteiger charge is -2.29. The third kappa shape index (κ3) is 60.2. The summed E-state index contributed by atoms with van der Waals surface area (Å²) < 4.78 is 23.4. The maximum Gasteiger partial charge on any atom is 0.268 e. The average molecular weight is 1080 g/mol. The van der Waals surface area contributed by atoms with Gasteiger partial charge in [0.1, 0.15) is 13.2 Å². The number of phosphoric ester groups is 1. The van der Waals surface area contributed by atoms with Crippen molar-refractivity contribution in [2.24, 2.45) is 0 Å². The molecule has 444 valence electrons. The molecule has 75 heavy (non-hydrogen) atoms. The van der Waals surface area contributed by atoms with Gasteiger partial charge >= 0.3 is 0 Å². The highest BCUT2D eigenvalue weighted by atomic mass is 31.2. The summed E-state index contributed by atoms with van der Waals surface area (Å²) in [7, 11) is 1.25. The van der Waals surface area contributed by atoms with Crippen molar-refractivity contribution in [1.82, 2.24) is 5.32 Å². The first-order chi connectivity index (χ1) is 36.5. The lowest BCUT2D eigenvalue weighted by atomic mass is 10.0. The van der Waals surface area contributed by atoms with Gasteiger partial charge in [-0.3, -0.25) is 9.36 Å². The number of phosphoric acid groups is 1. The fraction of sp³-hybridized carbons (Fsp3) is 0.894. The highest BCUT2D eigenvalue weighted by Gasteiger charge is 2.23. The van der Waals surface area contributed by atoms with Crippen LogP contribution in [0.15, 0.2) is 36.5 Å². The Bertz CT molecular complexity index is 1320. The molecule has 9 heteroatoms. The Kier molecular flexibility index (Phi) is 56.4. The molecular formula is C66H129N2O6P. The molecule has 8 nitrogen and oxygen atoms in total. The van der Waals surface area contributed by atoms with Crippen LogP contribution in [0.5, 0.6) is 0 Å². The molecule has 0 radical (unpaired) electrons. The smallest absolute Gasteiger partial charge is 0.268 e. The number of quaternary nitrogens is 1. The number of aliphatic hydroxyl groups is 1. The van der Waals surface area contributed by atoms with E-state index >= 15 is 0 Å². The molecular weight excluding hydrogens is 948 g/mol. The number of unbranched alkanes of at least 4 members (excludes halogenated alkanes) is 44. The van der Waals surface area contributed by atoms with E-state index in [1.54, 1.807) is 6.08 Å². The number of amides is 1. The standard InChI is InChI=1S/C66H129N2O6P/c1-6-8-10-12-14-16-18-20-22-24-26-28-30-31-32-33-34-35-36-37-38-40-42-44-46-48-50-52-54-56-58-60-66(70)67-64(63-74-75(71,72)73-62-61-68(3,4)5)65(69)59-57-55-53-51-49-47-45-43-41-39-29-27-25-23-21-19-17-15-13-11-9-7-2/h41,43,49,51,57,59,64-65,69H,6-40,42,44-48,50,52-56,58,60-63H2,1-5H3,(H-,67,70,71,72)/b43-41+,51-49+,59-57+. The highest BCUT2D eigenvalue weighted by Crippen LogP contribution is 2.38. The van der Waals surface area contributed by atoms with E-state index in [4.69, 9.17) is 9.05 Å². The summed E-state index contributed by atoms with van der Waals surface area (Å²) in [4.78, 5) is 25.6. The monoisotopic (exact) mass is 1080 g/mol. The van der Waals surface area contributed by atoms with Crippen molar-refractivity contribution in [3.63, 3.8) is 0 Å². The fourth-order valence-corrected chi connectivity index (χ4v) is 10.7. The van der Waals surface area contributed by atoms with Crippen LogP contribution >= 0.6 is 7.82 Å². The number of carbonyl (C=O) groups excluding carboxylic acids is 1. The third-order valence-electron chi connectivity index (χ3n) is 15.1. The zero-order valence-electron chi connectivity index (χ0n) is 50.8. The van der Waals surface area contributed by atoms with Crippen LogP contribution < -0.4 is 10.2 Å². The summed E-state index contributed by atoms with van der Waals surface area (Å²) in [5.74, 6) is -0.204. The van der Waals surface area contributed by atoms with Crippen LogP contribution in [-0.4, -0.2) is 68.5 Å². The molecule has 0 heterocycles. The molecule has 0 fully saturated rings. The van der Waals surface area contributed by atoms with Crippen molar-refractivity contribution < 1.29 is 32.9 Å². The molecule has 3 atom stereocenters. The van der Waals surface area contributed by atoms with Crippen molar-refractivity contribution in [1.29, 1.82) is 0 Å². The number of carbonyl (C=O) groups is 1. The van der Waals surface area contributed by atoms with Crippen LogP contribution in [0, 0.1) is 0 Å². The zero-order valence-corrected chi connectivity index (χ0v) is 51.7. The van der Waals surface area contributed by atoms with Gasteiger partial charge in [-0.05, 0) is 44.9 Å². The van der Waals surface area contributed by atoms with Crippen molar-refractivity contribution in [3.8, 4) is 0 Å². The lowest BCUT2D eigenvalue weighted by molar-refractivity contribution is -0.870. The Hall–Kier alpha value is -1.28. The molecule has 0 bridgehead atoms. The van der Waals surface area contributed by atoms with E-state index in [1.165, 1.54) is 263 Å². The summed E-state index contributed by atoms with van der Waals surface area (Å²) >= 11 is 0. The second-order valence-electron chi connectivity index (χ2n) is 23.8. The van der Waals surface area contributed by atoms with E-state index < -0.39 is 26.6 Å². The van der Waals surface area contributed by atoms with Gasteiger partial charge in [-0.2, -0.15) is 0 Å². The molecule has 0 aliphatic rings. The molecule has 0 aromatic carbocycles. The predicted molar refractivity (Wildman–Crippen MR) is 325 cm³/mol. The quantitative estimate of drug-likeness (QED) is 0.0272. The van der Waals surface area contributed by atoms with E-state index in [0.717, 1.165) is 44.9 Å². The van der Waals surface area contributed by atoms with Crippen molar-refractivity contribution in [2.75, 3.05) is 40.9 Å². The molecule has 0 aromatic heterocycles. The Morgan fingerprint density at radius 3 is 1.08 bits per heavy atom. The SMILES string of the molecule is CCCCCCCCCCCCCC/C=C/CC/C=C/CC/C=C/C(O)C(COP(=O)([O-])OCC[N+](C)(C)C)NC(=O)CCCCCCCCCCCCCCCCCCCCCCCCCCCCCCCCC. The predicted octanol–water partition coefficient (Wildman–Crippen LogP) is 19.9. The number of hydrogen-bond acceptors (Lipinski definition) is 6. The molecule has 1 amide bonds. The van der Waals surface area contributed by atoms with Gasteiger partial charge in [0.2, 0.25) is 5.91 Å². The van der Waals surface area contributed by atoms with E-state index in [2.05, 4.69) is 43.5 Å². The van der Waals surface area contributed by atoms with Crippen LogP contribution in [0.1, 0.15) is 328 Å². The largest absolute Gasteiger partial charge is 0.756 e. The number of rotatable bonds is 61. The Morgan fingerprint density at radius 2 is 0.747 bits per heavy atom. The molecule has 0 aromatic rings. The van der Waals surface area contributed by atoms with Gasteiger partial charge in [-0.25, -0.2) is 0 Å². The van der Waals surface area contributed by atoms with Crippen molar-refractivity contribution >= 4 is 13.7 Å². The number of nitrogens with zero attached hydrogens (tertiary/aromatic N) is 1. The minimum absolute atomic E-state index is 0.00720. The minimum atomic E-state index is -4.61. The normalized spacial score (nSPS) is 14.0. The first kappa shape index (κ1) is 73.7. The van der Waals surface area contributed by atoms with Crippen LogP contribution in [0.3, 0.4) is 0 Å². The second-order valence-corrected chi connectivity index (χ2v) is 25.2. The number of allylic oxidation sites excluding steroid dienone is 5. The maximum atomic E-state index is 13.0. The van der Waals surface area contributed by atoms with Crippen LogP contribution in [0.4, 0.5) is 0 Å². The summed E-state index contributed by atoms with van der Waals surface area (Å²) in [6, 6.07) is -0.909. The molecule has 0 aliphatic carbocycles. The Labute approximate surface area is 467 Å². The van der Waals surface area contributed by atoms with Gasteiger partial charge in [-0.15, -0.1) is 0 Å². The summed E-state index contributed by atoms with van der Waals surface area (Å²) in [6.07, 6.45) is 75.5. The van der Waals surface area contributed by atoms with Crippen LogP contribution in [-0.2, 0) is 18.4 Å². The van der Waals surface area contributed by atoms with Crippen molar-refractivity contribution in [2.45, 2.75) is 341 Å². The molecule has 3 unspecified atom stereocenters. The van der Waals surface area contributed by atoms with E-state index in [9.17, 15) is 19.4 Å². The first-order valence-corrected chi connectivity index (χ1v) is 34.3. The topological polar surface area (TPSA) is 108 Å². The van der Waals surface area contributed by atoms with Gasteiger partial charge < -0.3 is 28.8 Å². The summed E-state index contributed by atoms with van der Waals surface area (Å²) in [5.41, 5.74) is 0. The number of aliphatic hydroxyl groups excluding tert-OH is 1. The van der Waals surface area contributed by atoms with Gasteiger partial charge in [0.05, 0.1) is 39.9 Å². The number of likely N-dealkylation sites (N-methyl/N-ethyl adjacent to an activating group) is 1. The van der Waals surface area contributed by atoms with Gasteiger partial charge in [0.25, 0.3) is 7.82 Å². The molecule has 2 N–H and O–H groups in total. The lowest BCUT2D eigenvalue weighted by Crippen LogP contribution is -2.45. The molecule has 0 saturated carbocycles. The number of hydrogen-bond donors (Lipinski definition) is 2. The highest BCUT2D eigenvalue weighted by molar-refractivity contribution is 7.45.